The lowest BCUT2D eigenvalue weighted by Gasteiger charge is -2.34. The molecule has 2 heterocycles. The fraction of sp³-hybridized carbons (Fsp3) is 0.478. The number of thiophene rings is 1. The van der Waals surface area contributed by atoms with Gasteiger partial charge in [0.15, 0.2) is 0 Å². The Morgan fingerprint density at radius 1 is 1.10 bits per heavy atom. The normalized spacial score (nSPS) is 21.5. The van der Waals surface area contributed by atoms with Crippen molar-refractivity contribution in [2.75, 3.05) is 32.7 Å². The molecule has 5 nitrogen and oxygen atoms in total. The van der Waals surface area contributed by atoms with Crippen LogP contribution in [0.1, 0.15) is 24.6 Å². The van der Waals surface area contributed by atoms with E-state index >= 15 is 0 Å². The van der Waals surface area contributed by atoms with Gasteiger partial charge in [0.2, 0.25) is 11.8 Å². The smallest absolute Gasteiger partial charge is 0.224 e. The first-order valence-corrected chi connectivity index (χ1v) is 12.2. The van der Waals surface area contributed by atoms with Crippen LogP contribution in [0.2, 0.25) is 0 Å². The van der Waals surface area contributed by atoms with Gasteiger partial charge in [0.05, 0.1) is 0 Å². The summed E-state index contributed by atoms with van der Waals surface area (Å²) in [6, 6.07) is 12.8. The number of carbonyl (C=O) groups is 2. The minimum Gasteiger partial charge on any atom is -0.355 e. The van der Waals surface area contributed by atoms with Crippen LogP contribution in [0.15, 0.2) is 40.9 Å². The van der Waals surface area contributed by atoms with Crippen LogP contribution in [0, 0.1) is 11.8 Å². The third-order valence-electron chi connectivity index (χ3n) is 5.98. The van der Waals surface area contributed by atoms with Gasteiger partial charge < -0.3 is 10.2 Å². The highest BCUT2D eigenvalue weighted by Gasteiger charge is 2.38. The molecule has 1 aliphatic carbocycles. The van der Waals surface area contributed by atoms with E-state index in [2.05, 4.69) is 69.5 Å². The summed E-state index contributed by atoms with van der Waals surface area (Å²) in [6.07, 6.45) is 1.38. The molecule has 1 saturated heterocycles. The standard InChI is InChI=1S/C23H28BrN3O2S/c1-16-14-20(16)23(29)25-9-8-22(28)27-12-10-26(11-13-27)15-19-6-7-21(30-19)17-2-4-18(24)5-3-17/h2-7,16,20H,8-15H2,1H3,(H,25,29). The highest BCUT2D eigenvalue weighted by molar-refractivity contribution is 9.10. The van der Waals surface area contributed by atoms with Crippen LogP contribution < -0.4 is 5.32 Å². The molecule has 2 fully saturated rings. The Hall–Kier alpha value is -1.70. The Morgan fingerprint density at radius 2 is 1.80 bits per heavy atom. The minimum atomic E-state index is 0.110. The summed E-state index contributed by atoms with van der Waals surface area (Å²) in [5.41, 5.74) is 1.24. The van der Waals surface area contributed by atoms with Crippen molar-refractivity contribution in [3.05, 3.63) is 45.7 Å². The van der Waals surface area contributed by atoms with Crippen LogP contribution in [0.4, 0.5) is 0 Å². The molecule has 2 aromatic rings. The van der Waals surface area contributed by atoms with Gasteiger partial charge in [-0.05, 0) is 42.2 Å². The van der Waals surface area contributed by atoms with Gasteiger partial charge in [-0.25, -0.2) is 0 Å². The molecule has 160 valence electrons. The summed E-state index contributed by atoms with van der Waals surface area (Å²) in [7, 11) is 0. The number of hydrogen-bond donors (Lipinski definition) is 1. The third-order valence-corrected chi connectivity index (χ3v) is 7.63. The lowest BCUT2D eigenvalue weighted by atomic mass is 10.2. The number of hydrogen-bond acceptors (Lipinski definition) is 4. The van der Waals surface area contributed by atoms with E-state index in [0.717, 1.165) is 43.6 Å². The molecule has 2 aliphatic rings. The highest BCUT2D eigenvalue weighted by Crippen LogP contribution is 2.37. The Balaban J connectivity index is 1.19. The largest absolute Gasteiger partial charge is 0.355 e. The van der Waals surface area contributed by atoms with E-state index in [-0.39, 0.29) is 17.7 Å². The van der Waals surface area contributed by atoms with Crippen molar-refractivity contribution in [1.82, 2.24) is 15.1 Å². The summed E-state index contributed by atoms with van der Waals surface area (Å²) in [6.45, 7) is 6.78. The second-order valence-electron chi connectivity index (χ2n) is 8.29. The number of carbonyl (C=O) groups excluding carboxylic acids is 2. The molecular formula is C23H28BrN3O2S. The molecule has 1 aromatic carbocycles. The monoisotopic (exact) mass is 489 g/mol. The van der Waals surface area contributed by atoms with Crippen LogP contribution >= 0.6 is 27.3 Å². The summed E-state index contributed by atoms with van der Waals surface area (Å²) in [4.78, 5) is 31.3. The molecule has 0 radical (unpaired) electrons. The molecule has 4 rings (SSSR count). The summed E-state index contributed by atoms with van der Waals surface area (Å²) in [5.74, 6) is 0.930. The SMILES string of the molecule is CC1CC1C(=O)NCCC(=O)N1CCN(Cc2ccc(-c3ccc(Br)cc3)s2)CC1. The van der Waals surface area contributed by atoms with Gasteiger partial charge in [0.25, 0.3) is 0 Å². The zero-order chi connectivity index (χ0) is 21.1. The van der Waals surface area contributed by atoms with Crippen molar-refractivity contribution >= 4 is 39.1 Å². The second-order valence-corrected chi connectivity index (χ2v) is 10.4. The summed E-state index contributed by atoms with van der Waals surface area (Å²) < 4.78 is 1.09. The predicted molar refractivity (Wildman–Crippen MR) is 124 cm³/mol. The van der Waals surface area contributed by atoms with Crippen molar-refractivity contribution in [3.63, 3.8) is 0 Å². The van der Waals surface area contributed by atoms with Crippen LogP contribution in [0.25, 0.3) is 10.4 Å². The Kier molecular flexibility index (Phi) is 6.91. The molecule has 2 amide bonds. The average molecular weight is 490 g/mol. The molecular weight excluding hydrogens is 462 g/mol. The fourth-order valence-corrected chi connectivity index (χ4v) is 5.20. The van der Waals surface area contributed by atoms with Gasteiger partial charge in [0.1, 0.15) is 0 Å². The Morgan fingerprint density at radius 3 is 2.47 bits per heavy atom. The highest BCUT2D eigenvalue weighted by atomic mass is 79.9. The topological polar surface area (TPSA) is 52.7 Å². The molecule has 1 aromatic heterocycles. The maximum atomic E-state index is 12.4. The van der Waals surface area contributed by atoms with Gasteiger partial charge in [-0.2, -0.15) is 0 Å². The molecule has 0 bridgehead atoms. The van der Waals surface area contributed by atoms with E-state index in [1.807, 2.05) is 16.2 Å². The van der Waals surface area contributed by atoms with E-state index in [4.69, 9.17) is 0 Å². The lowest BCUT2D eigenvalue weighted by molar-refractivity contribution is -0.133. The van der Waals surface area contributed by atoms with Crippen LogP contribution in [0.5, 0.6) is 0 Å². The second kappa shape index (κ2) is 9.62. The van der Waals surface area contributed by atoms with Crippen LogP contribution in [-0.4, -0.2) is 54.3 Å². The molecule has 0 spiro atoms. The zero-order valence-electron chi connectivity index (χ0n) is 17.3. The minimum absolute atomic E-state index is 0.110. The van der Waals surface area contributed by atoms with E-state index in [0.29, 0.717) is 18.9 Å². The van der Waals surface area contributed by atoms with Crippen LogP contribution in [0.3, 0.4) is 0 Å². The van der Waals surface area contributed by atoms with Crippen molar-refractivity contribution in [3.8, 4) is 10.4 Å². The molecule has 1 saturated carbocycles. The molecule has 1 aliphatic heterocycles. The quantitative estimate of drug-likeness (QED) is 0.639. The Labute approximate surface area is 190 Å². The molecule has 2 atom stereocenters. The van der Waals surface area contributed by atoms with Gasteiger partial charge in [0, 0.05) is 65.8 Å². The maximum Gasteiger partial charge on any atom is 0.224 e. The Bertz CT molecular complexity index is 890. The van der Waals surface area contributed by atoms with Gasteiger partial charge in [-0.15, -0.1) is 11.3 Å². The van der Waals surface area contributed by atoms with Crippen LogP contribution in [-0.2, 0) is 16.1 Å². The van der Waals surface area contributed by atoms with Gasteiger partial charge in [-0.3, -0.25) is 14.5 Å². The van der Waals surface area contributed by atoms with E-state index in [1.54, 1.807) is 0 Å². The first-order chi connectivity index (χ1) is 14.5. The van der Waals surface area contributed by atoms with Crippen molar-refractivity contribution in [1.29, 1.82) is 0 Å². The number of rotatable bonds is 7. The van der Waals surface area contributed by atoms with E-state index < -0.39 is 0 Å². The lowest BCUT2D eigenvalue weighted by Crippen LogP contribution is -2.48. The fourth-order valence-electron chi connectivity index (χ4n) is 3.88. The van der Waals surface area contributed by atoms with Crippen molar-refractivity contribution < 1.29 is 9.59 Å². The molecule has 1 N–H and O–H groups in total. The van der Waals surface area contributed by atoms with Crippen molar-refractivity contribution in [2.24, 2.45) is 11.8 Å². The third kappa shape index (κ3) is 5.50. The van der Waals surface area contributed by atoms with Gasteiger partial charge in [-0.1, -0.05) is 35.0 Å². The number of halogens is 1. The maximum absolute atomic E-state index is 12.4. The first kappa shape index (κ1) is 21.5. The summed E-state index contributed by atoms with van der Waals surface area (Å²) in [5, 5.41) is 2.91. The van der Waals surface area contributed by atoms with E-state index in [1.165, 1.54) is 15.3 Å². The first-order valence-electron chi connectivity index (χ1n) is 10.6. The summed E-state index contributed by atoms with van der Waals surface area (Å²) >= 11 is 5.32. The van der Waals surface area contributed by atoms with Crippen molar-refractivity contribution in [2.45, 2.75) is 26.3 Å². The number of amides is 2. The molecule has 2 unspecified atom stereocenters. The number of benzene rings is 1. The zero-order valence-corrected chi connectivity index (χ0v) is 19.7. The predicted octanol–water partition coefficient (Wildman–Crippen LogP) is 3.98. The average Bonchev–Trinajstić information content (AvgIpc) is 3.30. The van der Waals surface area contributed by atoms with E-state index in [9.17, 15) is 9.59 Å². The number of piperazine rings is 1. The number of nitrogens with zero attached hydrogens (tertiary/aromatic N) is 2. The molecule has 30 heavy (non-hydrogen) atoms. The molecule has 7 heteroatoms. The number of nitrogens with one attached hydrogen (secondary N) is 1. The van der Waals surface area contributed by atoms with Gasteiger partial charge >= 0.3 is 0 Å².